The summed E-state index contributed by atoms with van der Waals surface area (Å²) in [6, 6.07) is -1.43. The van der Waals surface area contributed by atoms with Gasteiger partial charge in [0, 0.05) is 12.1 Å². The van der Waals surface area contributed by atoms with Gasteiger partial charge in [0.2, 0.25) is 11.8 Å². The molecule has 3 rings (SSSR count). The van der Waals surface area contributed by atoms with Crippen molar-refractivity contribution in [2.24, 2.45) is 11.8 Å². The minimum Gasteiger partial charge on any atom is -0.466 e. The lowest BCUT2D eigenvalue weighted by Gasteiger charge is -2.43. The Balaban J connectivity index is 2.11. The number of hydrogen-bond acceptors (Lipinski definition) is 6. The van der Waals surface area contributed by atoms with E-state index in [1.165, 1.54) is 4.90 Å². The zero-order chi connectivity index (χ0) is 23.1. The van der Waals surface area contributed by atoms with Gasteiger partial charge in [-0.15, -0.1) is 6.58 Å². The fraction of sp³-hybridized carbons (Fsp3) is 0.783. The highest BCUT2D eigenvalue weighted by Crippen LogP contribution is 2.59. The van der Waals surface area contributed by atoms with Gasteiger partial charge in [-0.2, -0.15) is 0 Å². The summed E-state index contributed by atoms with van der Waals surface area (Å²) in [5.74, 6) is -2.48. The predicted molar refractivity (Wildman–Crippen MR) is 114 cm³/mol. The van der Waals surface area contributed by atoms with Gasteiger partial charge < -0.3 is 24.4 Å². The standard InChI is InChI=1S/C23H36N2O6/c1-7-12-24(22(4,5)6)20(28)18-23-11-10-15(31-23)16(21(29)30-9-3)17(23)19(27)25(18)14(8-2)13-26/h7,14-18,26H,1,8-13H2,2-6H3/t14-,15-,16+,17+,18-,23+/m0/s1. The first-order valence-corrected chi connectivity index (χ1v) is 11.3. The van der Waals surface area contributed by atoms with Crippen molar-refractivity contribution in [2.75, 3.05) is 19.8 Å². The summed E-state index contributed by atoms with van der Waals surface area (Å²) in [4.78, 5) is 43.7. The number of esters is 1. The zero-order valence-corrected chi connectivity index (χ0v) is 19.3. The van der Waals surface area contributed by atoms with Crippen molar-refractivity contribution in [3.05, 3.63) is 12.7 Å². The van der Waals surface area contributed by atoms with E-state index in [0.29, 0.717) is 25.8 Å². The molecule has 0 aromatic rings. The number of amides is 2. The minimum atomic E-state index is -1.08. The molecule has 1 N–H and O–H groups in total. The van der Waals surface area contributed by atoms with Gasteiger partial charge in [-0.05, 0) is 47.0 Å². The molecule has 0 aromatic carbocycles. The van der Waals surface area contributed by atoms with Gasteiger partial charge in [-0.3, -0.25) is 14.4 Å². The van der Waals surface area contributed by atoms with Crippen LogP contribution in [0.5, 0.6) is 0 Å². The van der Waals surface area contributed by atoms with Gasteiger partial charge in [0.1, 0.15) is 11.6 Å². The molecule has 0 aromatic heterocycles. The van der Waals surface area contributed by atoms with Crippen molar-refractivity contribution < 1.29 is 29.0 Å². The molecule has 6 atom stereocenters. The quantitative estimate of drug-likeness (QED) is 0.458. The molecule has 2 bridgehead atoms. The third-order valence-corrected chi connectivity index (χ3v) is 6.99. The van der Waals surface area contributed by atoms with Crippen LogP contribution in [0.2, 0.25) is 0 Å². The smallest absolute Gasteiger partial charge is 0.312 e. The second-order valence-corrected chi connectivity index (χ2v) is 9.71. The molecule has 1 spiro atoms. The highest BCUT2D eigenvalue weighted by Gasteiger charge is 2.75. The average molecular weight is 437 g/mol. The van der Waals surface area contributed by atoms with Crippen LogP contribution in [0.4, 0.5) is 0 Å². The van der Waals surface area contributed by atoms with Gasteiger partial charge >= 0.3 is 5.97 Å². The molecule has 3 fully saturated rings. The van der Waals surface area contributed by atoms with E-state index in [2.05, 4.69) is 6.58 Å². The monoisotopic (exact) mass is 436 g/mol. The number of aliphatic hydroxyl groups excluding tert-OH is 1. The van der Waals surface area contributed by atoms with E-state index in [4.69, 9.17) is 9.47 Å². The van der Waals surface area contributed by atoms with Crippen LogP contribution in [0.25, 0.3) is 0 Å². The summed E-state index contributed by atoms with van der Waals surface area (Å²) in [7, 11) is 0. The number of carbonyl (C=O) groups is 3. The summed E-state index contributed by atoms with van der Waals surface area (Å²) < 4.78 is 11.6. The molecule has 2 amide bonds. The van der Waals surface area contributed by atoms with Crippen molar-refractivity contribution in [3.63, 3.8) is 0 Å². The van der Waals surface area contributed by atoms with Crippen LogP contribution in [0.15, 0.2) is 12.7 Å². The third-order valence-electron chi connectivity index (χ3n) is 6.99. The molecule has 0 saturated carbocycles. The van der Waals surface area contributed by atoms with Crippen molar-refractivity contribution in [2.45, 2.75) is 83.2 Å². The Morgan fingerprint density at radius 2 is 2.10 bits per heavy atom. The number of aliphatic hydroxyl groups is 1. The average Bonchev–Trinajstić information content (AvgIpc) is 3.34. The van der Waals surface area contributed by atoms with E-state index in [0.717, 1.165) is 0 Å². The Morgan fingerprint density at radius 1 is 1.42 bits per heavy atom. The number of nitrogens with zero attached hydrogens (tertiary/aromatic N) is 2. The van der Waals surface area contributed by atoms with Crippen molar-refractivity contribution in [3.8, 4) is 0 Å². The fourth-order valence-electron chi connectivity index (χ4n) is 5.65. The maximum atomic E-state index is 14.0. The molecule has 174 valence electrons. The van der Waals surface area contributed by atoms with Gasteiger partial charge in [0.25, 0.3) is 0 Å². The second-order valence-electron chi connectivity index (χ2n) is 9.71. The summed E-state index contributed by atoms with van der Waals surface area (Å²) >= 11 is 0. The van der Waals surface area contributed by atoms with Crippen LogP contribution < -0.4 is 0 Å². The van der Waals surface area contributed by atoms with Gasteiger partial charge in [0.15, 0.2) is 0 Å². The maximum Gasteiger partial charge on any atom is 0.312 e. The third kappa shape index (κ3) is 3.57. The molecule has 3 aliphatic heterocycles. The lowest BCUT2D eigenvalue weighted by molar-refractivity contribution is -0.157. The number of ether oxygens (including phenoxy) is 2. The van der Waals surface area contributed by atoms with Crippen molar-refractivity contribution >= 4 is 17.8 Å². The van der Waals surface area contributed by atoms with Crippen molar-refractivity contribution in [1.82, 2.24) is 9.80 Å². The highest BCUT2D eigenvalue weighted by atomic mass is 16.6. The van der Waals surface area contributed by atoms with Gasteiger partial charge in [-0.1, -0.05) is 13.0 Å². The zero-order valence-electron chi connectivity index (χ0n) is 19.3. The normalized spacial score (nSPS) is 32.7. The summed E-state index contributed by atoms with van der Waals surface area (Å²) in [6.45, 7) is 13.5. The van der Waals surface area contributed by atoms with Crippen LogP contribution in [-0.4, -0.2) is 81.8 Å². The van der Waals surface area contributed by atoms with E-state index in [9.17, 15) is 19.5 Å². The first-order chi connectivity index (χ1) is 14.6. The Bertz CT molecular complexity index is 743. The number of likely N-dealkylation sites (tertiary alicyclic amines) is 1. The number of hydrogen-bond donors (Lipinski definition) is 1. The molecular formula is C23H36N2O6. The first kappa shape index (κ1) is 23.7. The summed E-state index contributed by atoms with van der Waals surface area (Å²) in [5, 5.41) is 10.0. The SMILES string of the molecule is C=CCN(C(=O)[C@@H]1N([C@@H](CC)CO)C(=O)[C@H]2[C@H](C(=O)OCC)[C@@H]3CC[C@]12O3)C(C)(C)C. The number of rotatable bonds is 8. The lowest BCUT2D eigenvalue weighted by Crippen LogP contribution is -2.61. The molecule has 0 radical (unpaired) electrons. The van der Waals surface area contributed by atoms with Crippen LogP contribution in [0.3, 0.4) is 0 Å². The van der Waals surface area contributed by atoms with E-state index in [1.807, 2.05) is 27.7 Å². The largest absolute Gasteiger partial charge is 0.466 e. The molecule has 3 saturated heterocycles. The second kappa shape index (κ2) is 8.54. The van der Waals surface area contributed by atoms with E-state index >= 15 is 0 Å². The maximum absolute atomic E-state index is 14.0. The molecule has 31 heavy (non-hydrogen) atoms. The highest BCUT2D eigenvalue weighted by molar-refractivity contribution is 5.98. The molecule has 0 unspecified atom stereocenters. The molecule has 0 aliphatic carbocycles. The number of carbonyl (C=O) groups excluding carboxylic acids is 3. The van der Waals surface area contributed by atoms with Crippen LogP contribution in [0.1, 0.15) is 53.9 Å². The Morgan fingerprint density at radius 3 is 2.61 bits per heavy atom. The van der Waals surface area contributed by atoms with Crippen LogP contribution in [-0.2, 0) is 23.9 Å². The number of fused-ring (bicyclic) bond motifs is 1. The Hall–Kier alpha value is -1.93. The van der Waals surface area contributed by atoms with E-state index in [1.54, 1.807) is 17.9 Å². The van der Waals surface area contributed by atoms with Crippen LogP contribution in [0, 0.1) is 11.8 Å². The molecule has 8 heteroatoms. The van der Waals surface area contributed by atoms with Gasteiger partial charge in [-0.25, -0.2) is 0 Å². The molecule has 3 heterocycles. The van der Waals surface area contributed by atoms with E-state index in [-0.39, 0.29) is 25.0 Å². The summed E-state index contributed by atoms with van der Waals surface area (Å²) in [6.07, 6.45) is 2.83. The lowest BCUT2D eigenvalue weighted by atomic mass is 9.70. The first-order valence-electron chi connectivity index (χ1n) is 11.3. The topological polar surface area (TPSA) is 96.4 Å². The minimum absolute atomic E-state index is 0.216. The Labute approximate surface area is 184 Å². The fourth-order valence-corrected chi connectivity index (χ4v) is 5.65. The van der Waals surface area contributed by atoms with E-state index < -0.39 is 47.1 Å². The predicted octanol–water partition coefficient (Wildman–Crippen LogP) is 1.51. The molecular weight excluding hydrogens is 400 g/mol. The Kier molecular flexibility index (Phi) is 6.54. The van der Waals surface area contributed by atoms with Gasteiger partial charge in [0.05, 0.1) is 37.2 Å². The molecule has 3 aliphatic rings. The summed E-state index contributed by atoms with van der Waals surface area (Å²) in [5.41, 5.74) is -1.59. The van der Waals surface area contributed by atoms with Crippen LogP contribution >= 0.6 is 0 Å². The molecule has 8 nitrogen and oxygen atoms in total. The van der Waals surface area contributed by atoms with Crippen molar-refractivity contribution in [1.29, 1.82) is 0 Å².